The van der Waals surface area contributed by atoms with Crippen molar-refractivity contribution in [2.45, 2.75) is 43.6 Å². The Kier molecular flexibility index (Phi) is 5.18. The third kappa shape index (κ3) is 3.77. The van der Waals surface area contributed by atoms with E-state index in [-0.39, 0.29) is 5.41 Å². The molecule has 1 fully saturated rings. The fourth-order valence-corrected chi connectivity index (χ4v) is 5.70. The van der Waals surface area contributed by atoms with Gasteiger partial charge in [-0.1, -0.05) is 19.9 Å². The fourth-order valence-electron chi connectivity index (χ4n) is 4.53. The smallest absolute Gasteiger partial charge is 0.247 e. The largest absolute Gasteiger partial charge is 0.373 e. The number of aliphatic hydroxyl groups excluding tert-OH is 1. The Labute approximate surface area is 192 Å². The molecule has 1 atom stereocenters. The maximum absolute atomic E-state index is 12.1. The number of aromatic nitrogens is 4. The second kappa shape index (κ2) is 7.82. The summed E-state index contributed by atoms with van der Waals surface area (Å²) in [5.74, 6) is 1.11. The number of hydrogen-bond acceptors (Lipinski definition) is 9. The number of benzene rings is 1. The first-order valence-electron chi connectivity index (χ1n) is 10.9. The summed E-state index contributed by atoms with van der Waals surface area (Å²) in [5.41, 5.74) is 2.97. The van der Waals surface area contributed by atoms with Crippen molar-refractivity contribution in [2.75, 3.05) is 35.7 Å². The van der Waals surface area contributed by atoms with Gasteiger partial charge in [0.05, 0.1) is 5.25 Å². The van der Waals surface area contributed by atoms with E-state index in [0.29, 0.717) is 43.3 Å². The van der Waals surface area contributed by atoms with Crippen LogP contribution in [0.1, 0.15) is 32.3 Å². The lowest BCUT2D eigenvalue weighted by Gasteiger charge is -2.32. The Bertz CT molecular complexity index is 1300. The molecule has 0 aliphatic carbocycles. The number of sulfonamides is 1. The molecule has 2 aliphatic heterocycles. The van der Waals surface area contributed by atoms with Gasteiger partial charge in [-0.15, -0.1) is 5.10 Å². The van der Waals surface area contributed by atoms with Gasteiger partial charge in [0, 0.05) is 42.3 Å². The number of rotatable bonds is 5. The van der Waals surface area contributed by atoms with Crippen molar-refractivity contribution in [3.05, 3.63) is 36.2 Å². The molecule has 5 rings (SSSR count). The summed E-state index contributed by atoms with van der Waals surface area (Å²) < 4.78 is 28.3. The van der Waals surface area contributed by atoms with Crippen molar-refractivity contribution in [3.8, 4) is 0 Å². The topological polar surface area (TPSA) is 137 Å². The highest BCUT2D eigenvalue weighted by Crippen LogP contribution is 2.41. The van der Waals surface area contributed by atoms with E-state index in [0.717, 1.165) is 16.9 Å². The quantitative estimate of drug-likeness (QED) is 0.434. The maximum atomic E-state index is 12.1. The molecule has 0 saturated carbocycles. The molecule has 4 N–H and O–H groups in total. The van der Waals surface area contributed by atoms with Crippen molar-refractivity contribution >= 4 is 38.8 Å². The third-order valence-electron chi connectivity index (χ3n) is 6.65. The number of nitrogens with zero attached hydrogens (tertiary/aromatic N) is 5. The summed E-state index contributed by atoms with van der Waals surface area (Å²) in [4.78, 5) is 11.2. The van der Waals surface area contributed by atoms with E-state index in [2.05, 4.69) is 35.3 Å². The van der Waals surface area contributed by atoms with Gasteiger partial charge < -0.3 is 20.6 Å². The Morgan fingerprint density at radius 3 is 2.73 bits per heavy atom. The second-order valence-corrected chi connectivity index (χ2v) is 11.2. The molecule has 2 aromatic heterocycles. The molecule has 0 radical (unpaired) electrons. The van der Waals surface area contributed by atoms with Crippen molar-refractivity contribution < 1.29 is 13.5 Å². The van der Waals surface area contributed by atoms with Crippen LogP contribution in [0.3, 0.4) is 0 Å². The van der Waals surface area contributed by atoms with Crippen LogP contribution in [-0.2, 0) is 15.4 Å². The van der Waals surface area contributed by atoms with E-state index in [1.165, 1.54) is 7.05 Å². The number of piperidine rings is 1. The van der Waals surface area contributed by atoms with E-state index >= 15 is 0 Å². The van der Waals surface area contributed by atoms with E-state index in [1.54, 1.807) is 16.9 Å². The lowest BCUT2D eigenvalue weighted by Crippen LogP contribution is -2.43. The summed E-state index contributed by atoms with van der Waals surface area (Å²) in [6.07, 6.45) is 3.81. The average Bonchev–Trinajstić information content (AvgIpc) is 3.30. The van der Waals surface area contributed by atoms with Gasteiger partial charge in [0.15, 0.2) is 11.5 Å². The van der Waals surface area contributed by atoms with Crippen LogP contribution < -0.4 is 20.3 Å². The van der Waals surface area contributed by atoms with Gasteiger partial charge in [0.2, 0.25) is 16.0 Å². The van der Waals surface area contributed by atoms with E-state index in [9.17, 15) is 13.5 Å². The van der Waals surface area contributed by atoms with E-state index < -0.39 is 21.5 Å². The maximum Gasteiger partial charge on any atom is 0.247 e. The van der Waals surface area contributed by atoms with Crippen LogP contribution in [0.4, 0.5) is 23.1 Å². The number of fused-ring (bicyclic) bond motifs is 2. The molecule has 176 valence electrons. The van der Waals surface area contributed by atoms with Gasteiger partial charge in [0.1, 0.15) is 6.23 Å². The zero-order valence-corrected chi connectivity index (χ0v) is 19.6. The molecule has 1 aromatic carbocycles. The normalized spacial score (nSPS) is 20.6. The van der Waals surface area contributed by atoms with Gasteiger partial charge in [0.25, 0.3) is 0 Å². The molecule has 4 heterocycles. The first kappa shape index (κ1) is 21.9. The minimum absolute atomic E-state index is 0.365. The second-order valence-electron chi connectivity index (χ2n) is 9.04. The zero-order chi connectivity index (χ0) is 23.4. The predicted octanol–water partition coefficient (Wildman–Crippen LogP) is 1.41. The minimum atomic E-state index is -3.28. The molecule has 0 bridgehead atoms. The Morgan fingerprint density at radius 1 is 1.24 bits per heavy atom. The lowest BCUT2D eigenvalue weighted by molar-refractivity contribution is 0.137. The molecular formula is C21H28N8O3S. The van der Waals surface area contributed by atoms with Gasteiger partial charge in [-0.25, -0.2) is 22.6 Å². The average molecular weight is 473 g/mol. The van der Waals surface area contributed by atoms with Crippen LogP contribution in [0.15, 0.2) is 30.6 Å². The van der Waals surface area contributed by atoms with Gasteiger partial charge in [-0.05, 0) is 37.6 Å². The standard InChI is InChI=1S/C21H28N8O3S/c1-21(2)15-5-4-13(12-16(15)25-19(21)30)24-20-26-18-17(23-8-11-29(18)27-20)28-9-6-14(7-10-28)33(31,32)22-3/h4-5,8,11-12,14,19,22,25,30H,6-7,9-10H2,1-3H3,(H,24,27). The molecule has 2 aliphatic rings. The molecule has 3 aromatic rings. The van der Waals surface area contributed by atoms with Crippen LogP contribution in [0.2, 0.25) is 0 Å². The summed E-state index contributed by atoms with van der Waals surface area (Å²) in [7, 11) is -1.82. The molecule has 0 amide bonds. The molecule has 1 unspecified atom stereocenters. The van der Waals surface area contributed by atoms with E-state index in [1.807, 2.05) is 32.0 Å². The highest BCUT2D eigenvalue weighted by molar-refractivity contribution is 7.90. The molecule has 1 saturated heterocycles. The number of nitrogens with one attached hydrogen (secondary N) is 3. The Balaban J connectivity index is 1.37. The Hall–Kier alpha value is -2.96. The highest BCUT2D eigenvalue weighted by Gasteiger charge is 2.38. The summed E-state index contributed by atoms with van der Waals surface area (Å²) in [6.45, 7) is 5.14. The van der Waals surface area contributed by atoms with Crippen LogP contribution in [0, 0.1) is 0 Å². The summed E-state index contributed by atoms with van der Waals surface area (Å²) in [6, 6.07) is 5.87. The lowest BCUT2D eigenvalue weighted by atomic mass is 9.85. The van der Waals surface area contributed by atoms with Crippen molar-refractivity contribution in [1.29, 1.82) is 0 Å². The first-order valence-corrected chi connectivity index (χ1v) is 12.5. The number of anilines is 4. The molecular weight excluding hydrogens is 444 g/mol. The monoisotopic (exact) mass is 472 g/mol. The Morgan fingerprint density at radius 2 is 2.00 bits per heavy atom. The van der Waals surface area contributed by atoms with Gasteiger partial charge >= 0.3 is 0 Å². The fraction of sp³-hybridized carbons (Fsp3) is 0.476. The summed E-state index contributed by atoms with van der Waals surface area (Å²) >= 11 is 0. The van der Waals surface area contributed by atoms with Gasteiger partial charge in [-0.3, -0.25) is 0 Å². The number of hydrogen-bond donors (Lipinski definition) is 4. The van der Waals surface area contributed by atoms with Crippen molar-refractivity contribution in [2.24, 2.45) is 0 Å². The highest BCUT2D eigenvalue weighted by atomic mass is 32.2. The first-order chi connectivity index (χ1) is 15.7. The molecule has 0 spiro atoms. The summed E-state index contributed by atoms with van der Waals surface area (Å²) in [5, 5.41) is 20.7. The SMILES string of the molecule is CNS(=O)(=O)C1CCN(c2nccn3nc(Nc4ccc5c(c4)NC(O)C5(C)C)nc23)CC1. The molecule has 12 heteroatoms. The zero-order valence-electron chi connectivity index (χ0n) is 18.8. The van der Waals surface area contributed by atoms with Crippen molar-refractivity contribution in [3.63, 3.8) is 0 Å². The van der Waals surface area contributed by atoms with Crippen LogP contribution in [-0.4, -0.2) is 64.7 Å². The van der Waals surface area contributed by atoms with Crippen LogP contribution >= 0.6 is 0 Å². The molecule has 11 nitrogen and oxygen atoms in total. The predicted molar refractivity (Wildman–Crippen MR) is 126 cm³/mol. The molecule has 33 heavy (non-hydrogen) atoms. The number of aliphatic hydroxyl groups is 1. The van der Waals surface area contributed by atoms with Crippen LogP contribution in [0.25, 0.3) is 5.65 Å². The van der Waals surface area contributed by atoms with Gasteiger partial charge in [-0.2, -0.15) is 4.98 Å². The van der Waals surface area contributed by atoms with E-state index in [4.69, 9.17) is 0 Å². The minimum Gasteiger partial charge on any atom is -0.373 e. The van der Waals surface area contributed by atoms with Crippen LogP contribution in [0.5, 0.6) is 0 Å². The third-order valence-corrected chi connectivity index (χ3v) is 8.56. The van der Waals surface area contributed by atoms with Crippen molar-refractivity contribution in [1.82, 2.24) is 24.3 Å².